The van der Waals surface area contributed by atoms with Crippen LogP contribution in [0, 0.1) is 0 Å². The number of nitrogens with zero attached hydrogens (tertiary/aromatic N) is 3. The normalized spacial score (nSPS) is 18.2. The fraction of sp³-hybridized carbons (Fsp3) is 0.273. The van der Waals surface area contributed by atoms with Crippen molar-refractivity contribution < 1.29 is 27.8 Å². The molecule has 1 fully saturated rings. The van der Waals surface area contributed by atoms with Gasteiger partial charge in [0.05, 0.1) is 29.7 Å². The highest BCUT2D eigenvalue weighted by molar-refractivity contribution is 5.95. The molecule has 0 radical (unpaired) electrons. The minimum absolute atomic E-state index is 0.175. The predicted octanol–water partition coefficient (Wildman–Crippen LogP) is 2.84. The maximum atomic E-state index is 13.1. The van der Waals surface area contributed by atoms with Crippen LogP contribution in [0.4, 0.5) is 13.2 Å². The number of benzene rings is 1. The van der Waals surface area contributed by atoms with Gasteiger partial charge < -0.3 is 15.2 Å². The standard InChI is InChI=1S/C22H19F3N4O4/c23-22(24,25)33-15-8-6-13(7-9-15)18-11-16(20(31)27-17-4-1-5-19(17)30)21(32)29(28-18)14-3-2-10-26-12-14/h2-3,6-12,17,19,30H,1,4-5H2,(H,27,31)/t17-,19+/m1/s1. The summed E-state index contributed by atoms with van der Waals surface area (Å²) in [5.41, 5.74) is -0.0880. The van der Waals surface area contributed by atoms with Crippen molar-refractivity contribution in [3.05, 3.63) is 70.8 Å². The Morgan fingerprint density at radius 3 is 2.55 bits per heavy atom. The molecule has 1 amide bonds. The van der Waals surface area contributed by atoms with Crippen LogP contribution in [-0.2, 0) is 0 Å². The van der Waals surface area contributed by atoms with Gasteiger partial charge in [0.2, 0.25) is 0 Å². The second-order valence-corrected chi connectivity index (χ2v) is 7.52. The van der Waals surface area contributed by atoms with Gasteiger partial charge in [-0.05, 0) is 61.7 Å². The number of pyridine rings is 1. The van der Waals surface area contributed by atoms with E-state index in [2.05, 4.69) is 20.1 Å². The van der Waals surface area contributed by atoms with E-state index in [4.69, 9.17) is 0 Å². The summed E-state index contributed by atoms with van der Waals surface area (Å²) in [6.45, 7) is 0. The maximum Gasteiger partial charge on any atom is 0.573 e. The van der Waals surface area contributed by atoms with Gasteiger partial charge in [0.15, 0.2) is 0 Å². The fourth-order valence-corrected chi connectivity index (χ4v) is 3.63. The van der Waals surface area contributed by atoms with Crippen LogP contribution < -0.4 is 15.6 Å². The van der Waals surface area contributed by atoms with Gasteiger partial charge >= 0.3 is 6.36 Å². The molecular formula is C22H19F3N4O4. The molecule has 0 unspecified atom stereocenters. The molecule has 8 nitrogen and oxygen atoms in total. The second kappa shape index (κ2) is 9.02. The molecule has 11 heteroatoms. The first-order valence-electron chi connectivity index (χ1n) is 10.1. The number of halogens is 3. The molecule has 2 aromatic heterocycles. The summed E-state index contributed by atoms with van der Waals surface area (Å²) in [6, 6.07) is 8.86. The number of rotatable bonds is 5. The smallest absolute Gasteiger partial charge is 0.406 e. The molecular weight excluding hydrogens is 441 g/mol. The Morgan fingerprint density at radius 2 is 1.94 bits per heavy atom. The van der Waals surface area contributed by atoms with Crippen LogP contribution >= 0.6 is 0 Å². The van der Waals surface area contributed by atoms with Crippen LogP contribution in [0.2, 0.25) is 0 Å². The maximum absolute atomic E-state index is 13.1. The van der Waals surface area contributed by atoms with E-state index >= 15 is 0 Å². The van der Waals surface area contributed by atoms with Crippen molar-refractivity contribution in [1.29, 1.82) is 0 Å². The number of ether oxygens (including phenoxy) is 1. The van der Waals surface area contributed by atoms with Gasteiger partial charge in [-0.25, -0.2) is 0 Å². The number of carbonyl (C=O) groups excluding carboxylic acids is 1. The molecule has 1 aromatic carbocycles. The van der Waals surface area contributed by atoms with Gasteiger partial charge in [-0.1, -0.05) is 0 Å². The average molecular weight is 460 g/mol. The van der Waals surface area contributed by atoms with Gasteiger partial charge in [-0.2, -0.15) is 9.78 Å². The topological polar surface area (TPSA) is 106 Å². The second-order valence-electron chi connectivity index (χ2n) is 7.52. The number of amides is 1. The van der Waals surface area contributed by atoms with E-state index < -0.39 is 35.7 Å². The molecule has 3 aromatic rings. The summed E-state index contributed by atoms with van der Waals surface area (Å²) in [7, 11) is 0. The number of nitrogens with one attached hydrogen (secondary N) is 1. The number of aromatic nitrogens is 3. The summed E-state index contributed by atoms with van der Waals surface area (Å²) >= 11 is 0. The third-order valence-electron chi connectivity index (χ3n) is 5.23. The first kappa shape index (κ1) is 22.5. The van der Waals surface area contributed by atoms with E-state index in [1.54, 1.807) is 12.1 Å². The van der Waals surface area contributed by atoms with E-state index in [-0.39, 0.29) is 11.3 Å². The van der Waals surface area contributed by atoms with Crippen molar-refractivity contribution in [2.45, 2.75) is 37.8 Å². The zero-order chi connectivity index (χ0) is 23.6. The first-order chi connectivity index (χ1) is 15.7. The summed E-state index contributed by atoms with van der Waals surface area (Å²) < 4.78 is 42.2. The molecule has 2 N–H and O–H groups in total. The van der Waals surface area contributed by atoms with Crippen LogP contribution in [0.25, 0.3) is 16.9 Å². The van der Waals surface area contributed by atoms with Crippen molar-refractivity contribution in [2.75, 3.05) is 0 Å². The van der Waals surface area contributed by atoms with Crippen molar-refractivity contribution in [3.8, 4) is 22.7 Å². The Bertz CT molecular complexity index is 1200. The Balaban J connectivity index is 1.75. The van der Waals surface area contributed by atoms with Crippen LogP contribution in [0.1, 0.15) is 29.6 Å². The fourth-order valence-electron chi connectivity index (χ4n) is 3.63. The number of hydrogen-bond acceptors (Lipinski definition) is 6. The lowest BCUT2D eigenvalue weighted by Crippen LogP contribution is -2.42. The molecule has 33 heavy (non-hydrogen) atoms. The highest BCUT2D eigenvalue weighted by Gasteiger charge is 2.31. The quantitative estimate of drug-likeness (QED) is 0.607. The Kier molecular flexibility index (Phi) is 6.14. The lowest BCUT2D eigenvalue weighted by molar-refractivity contribution is -0.274. The van der Waals surface area contributed by atoms with Gasteiger partial charge in [0.1, 0.15) is 11.3 Å². The number of alkyl halides is 3. The molecule has 1 aliphatic carbocycles. The summed E-state index contributed by atoms with van der Waals surface area (Å²) in [5.74, 6) is -1.09. The Hall–Kier alpha value is -3.73. The molecule has 0 saturated heterocycles. The van der Waals surface area contributed by atoms with E-state index in [1.807, 2.05) is 0 Å². The van der Waals surface area contributed by atoms with E-state index in [0.29, 0.717) is 24.1 Å². The minimum atomic E-state index is -4.83. The lowest BCUT2D eigenvalue weighted by atomic mass is 10.1. The van der Waals surface area contributed by atoms with Gasteiger partial charge in [-0.3, -0.25) is 14.6 Å². The number of aliphatic hydroxyl groups excluding tert-OH is 1. The molecule has 172 valence electrons. The Morgan fingerprint density at radius 1 is 1.18 bits per heavy atom. The molecule has 4 rings (SSSR count). The monoisotopic (exact) mass is 460 g/mol. The van der Waals surface area contributed by atoms with Gasteiger partial charge in [0, 0.05) is 11.8 Å². The van der Waals surface area contributed by atoms with Crippen molar-refractivity contribution >= 4 is 5.91 Å². The van der Waals surface area contributed by atoms with Gasteiger partial charge in [0.25, 0.3) is 11.5 Å². The molecule has 1 aliphatic rings. The molecule has 2 atom stereocenters. The number of hydrogen-bond donors (Lipinski definition) is 2. The highest BCUT2D eigenvalue weighted by atomic mass is 19.4. The predicted molar refractivity (Wildman–Crippen MR) is 111 cm³/mol. The van der Waals surface area contributed by atoms with Crippen molar-refractivity contribution in [2.24, 2.45) is 0 Å². The van der Waals surface area contributed by atoms with E-state index in [9.17, 15) is 27.9 Å². The highest BCUT2D eigenvalue weighted by Crippen LogP contribution is 2.26. The molecule has 2 heterocycles. The number of aliphatic hydroxyl groups is 1. The third kappa shape index (κ3) is 5.20. The van der Waals surface area contributed by atoms with Crippen LogP contribution in [0.5, 0.6) is 5.75 Å². The van der Waals surface area contributed by atoms with Gasteiger partial charge in [-0.15, -0.1) is 13.2 Å². The van der Waals surface area contributed by atoms with E-state index in [0.717, 1.165) is 23.2 Å². The summed E-state index contributed by atoms with van der Waals surface area (Å²) in [5, 5.41) is 17.0. The molecule has 0 bridgehead atoms. The average Bonchev–Trinajstić information content (AvgIpc) is 3.18. The van der Waals surface area contributed by atoms with Crippen molar-refractivity contribution in [3.63, 3.8) is 0 Å². The summed E-state index contributed by atoms with van der Waals surface area (Å²) in [6.07, 6.45) is -0.741. The van der Waals surface area contributed by atoms with Crippen LogP contribution in [0.3, 0.4) is 0 Å². The minimum Gasteiger partial charge on any atom is -0.406 e. The zero-order valence-corrected chi connectivity index (χ0v) is 17.1. The molecule has 1 saturated carbocycles. The SMILES string of the molecule is O=C(N[C@@H]1CCC[C@@H]1O)c1cc(-c2ccc(OC(F)(F)F)cc2)nn(-c2cccnc2)c1=O. The summed E-state index contributed by atoms with van der Waals surface area (Å²) in [4.78, 5) is 29.9. The van der Waals surface area contributed by atoms with Crippen LogP contribution in [-0.4, -0.2) is 44.3 Å². The number of carbonyl (C=O) groups is 1. The molecule has 0 spiro atoms. The largest absolute Gasteiger partial charge is 0.573 e. The Labute approximate surface area is 185 Å². The first-order valence-corrected chi connectivity index (χ1v) is 10.1. The van der Waals surface area contributed by atoms with Crippen molar-refractivity contribution in [1.82, 2.24) is 20.1 Å². The zero-order valence-electron chi connectivity index (χ0n) is 17.1. The lowest BCUT2D eigenvalue weighted by Gasteiger charge is -2.17. The molecule has 0 aliphatic heterocycles. The third-order valence-corrected chi connectivity index (χ3v) is 5.23. The van der Waals surface area contributed by atoms with Crippen LogP contribution in [0.15, 0.2) is 59.7 Å². The van der Waals surface area contributed by atoms with E-state index in [1.165, 1.54) is 30.6 Å².